The van der Waals surface area contributed by atoms with Gasteiger partial charge in [0.2, 0.25) is 0 Å². The topological polar surface area (TPSA) is 20.7 Å². The van der Waals surface area contributed by atoms with E-state index in [-0.39, 0.29) is 0 Å². The Hall–Kier alpha value is -1.39. The number of benzene rings is 2. The van der Waals surface area contributed by atoms with E-state index in [1.165, 1.54) is 5.56 Å². The molecule has 0 radical (unpaired) electrons. The summed E-state index contributed by atoms with van der Waals surface area (Å²) in [6.45, 7) is 2.21. The zero-order valence-corrected chi connectivity index (χ0v) is 13.5. The molecule has 0 amide bonds. The number of aromatic nitrogens is 2. The van der Waals surface area contributed by atoms with Crippen LogP contribution in [0, 0.1) is 4.77 Å². The number of imidazole rings is 1. The van der Waals surface area contributed by atoms with Crippen molar-refractivity contribution in [2.75, 3.05) is 0 Å². The number of rotatable bonds is 3. The first-order valence-electron chi connectivity index (χ1n) is 6.59. The maximum Gasteiger partial charge on any atom is 0.178 e. The third-order valence-electron chi connectivity index (χ3n) is 3.49. The zero-order chi connectivity index (χ0) is 14.1. The van der Waals surface area contributed by atoms with Gasteiger partial charge in [-0.25, -0.2) is 0 Å². The van der Waals surface area contributed by atoms with Gasteiger partial charge in [0.15, 0.2) is 4.77 Å². The molecule has 1 unspecified atom stereocenters. The fraction of sp³-hybridized carbons (Fsp3) is 0.188. The first-order valence-corrected chi connectivity index (χ1v) is 7.79. The van der Waals surface area contributed by atoms with Gasteiger partial charge in [-0.3, -0.25) is 0 Å². The number of H-pyrrole nitrogens is 1. The van der Waals surface area contributed by atoms with Crippen LogP contribution in [0.15, 0.2) is 53.0 Å². The fourth-order valence-electron chi connectivity index (χ4n) is 2.58. The van der Waals surface area contributed by atoms with E-state index in [1.54, 1.807) is 0 Å². The van der Waals surface area contributed by atoms with Gasteiger partial charge < -0.3 is 9.55 Å². The Labute approximate surface area is 131 Å². The van der Waals surface area contributed by atoms with E-state index >= 15 is 0 Å². The predicted molar refractivity (Wildman–Crippen MR) is 89.7 cm³/mol. The summed E-state index contributed by atoms with van der Waals surface area (Å²) in [6, 6.07) is 17.0. The molecule has 2 aromatic carbocycles. The number of hydrogen-bond donors (Lipinski definition) is 1. The van der Waals surface area contributed by atoms with Gasteiger partial charge in [0, 0.05) is 10.5 Å². The van der Waals surface area contributed by atoms with Crippen LogP contribution in [-0.4, -0.2) is 9.55 Å². The third-order valence-corrected chi connectivity index (χ3v) is 4.29. The molecule has 0 fully saturated rings. The predicted octanol–water partition coefficient (Wildman–Crippen LogP) is 5.27. The van der Waals surface area contributed by atoms with Crippen LogP contribution in [0.4, 0.5) is 0 Å². The Morgan fingerprint density at radius 1 is 1.20 bits per heavy atom. The highest BCUT2D eigenvalue weighted by Gasteiger charge is 2.12. The van der Waals surface area contributed by atoms with Gasteiger partial charge in [0.25, 0.3) is 0 Å². The van der Waals surface area contributed by atoms with Crippen LogP contribution in [0.3, 0.4) is 0 Å². The molecule has 1 aromatic heterocycles. The molecule has 1 heterocycles. The normalized spacial score (nSPS) is 12.7. The number of aromatic amines is 1. The molecule has 3 rings (SSSR count). The maximum absolute atomic E-state index is 5.48. The van der Waals surface area contributed by atoms with Gasteiger partial charge in [-0.2, -0.15) is 0 Å². The summed E-state index contributed by atoms with van der Waals surface area (Å²) in [5.74, 6) is 0. The third kappa shape index (κ3) is 2.58. The summed E-state index contributed by atoms with van der Waals surface area (Å²) < 4.78 is 4.05. The number of nitrogens with one attached hydrogen (secondary N) is 1. The summed E-state index contributed by atoms with van der Waals surface area (Å²) >= 11 is 9.01. The van der Waals surface area contributed by atoms with Gasteiger partial charge in [-0.15, -0.1) is 0 Å². The van der Waals surface area contributed by atoms with Crippen molar-refractivity contribution >= 4 is 39.2 Å². The summed E-state index contributed by atoms with van der Waals surface area (Å²) in [4.78, 5) is 3.28. The van der Waals surface area contributed by atoms with Crippen LogP contribution in [-0.2, 0) is 6.42 Å². The van der Waals surface area contributed by atoms with Crippen LogP contribution in [0.5, 0.6) is 0 Å². The van der Waals surface area contributed by atoms with Crippen molar-refractivity contribution < 1.29 is 0 Å². The summed E-state index contributed by atoms with van der Waals surface area (Å²) in [7, 11) is 0. The number of hydrogen-bond acceptors (Lipinski definition) is 1. The molecule has 0 saturated heterocycles. The van der Waals surface area contributed by atoms with Crippen molar-refractivity contribution in [3.8, 4) is 0 Å². The number of halogens is 1. The molecule has 1 atom stereocenters. The van der Waals surface area contributed by atoms with Crippen molar-refractivity contribution in [2.45, 2.75) is 19.4 Å². The summed E-state index contributed by atoms with van der Waals surface area (Å²) in [5, 5.41) is 0. The Morgan fingerprint density at radius 3 is 2.70 bits per heavy atom. The molecule has 0 bridgehead atoms. The minimum absolute atomic E-state index is 0.313. The molecule has 0 spiro atoms. The average molecular weight is 347 g/mol. The first kappa shape index (κ1) is 13.6. The average Bonchev–Trinajstić information content (AvgIpc) is 2.75. The van der Waals surface area contributed by atoms with Crippen molar-refractivity contribution in [1.29, 1.82) is 0 Å². The molecule has 0 aliphatic rings. The lowest BCUT2D eigenvalue weighted by Crippen LogP contribution is -2.08. The minimum Gasteiger partial charge on any atom is -0.331 e. The lowest BCUT2D eigenvalue weighted by Gasteiger charge is -2.15. The largest absolute Gasteiger partial charge is 0.331 e. The van der Waals surface area contributed by atoms with Gasteiger partial charge in [-0.05, 0) is 49.3 Å². The van der Waals surface area contributed by atoms with E-state index < -0.39 is 0 Å². The molecule has 4 heteroatoms. The molecule has 0 saturated carbocycles. The van der Waals surface area contributed by atoms with E-state index in [4.69, 9.17) is 12.2 Å². The number of nitrogens with zero attached hydrogens (tertiary/aromatic N) is 1. The number of fused-ring (bicyclic) bond motifs is 1. The Kier molecular flexibility index (Phi) is 3.76. The van der Waals surface area contributed by atoms with Crippen LogP contribution in [0.2, 0.25) is 0 Å². The van der Waals surface area contributed by atoms with Gasteiger partial charge in [0.05, 0.1) is 11.0 Å². The van der Waals surface area contributed by atoms with Crippen molar-refractivity contribution in [1.82, 2.24) is 9.55 Å². The van der Waals surface area contributed by atoms with E-state index in [0.29, 0.717) is 6.04 Å². The molecule has 1 N–H and O–H groups in total. The van der Waals surface area contributed by atoms with E-state index in [9.17, 15) is 0 Å². The second kappa shape index (κ2) is 5.54. The molecule has 3 aromatic rings. The quantitative estimate of drug-likeness (QED) is 0.641. The monoisotopic (exact) mass is 346 g/mol. The Bertz CT molecular complexity index is 789. The van der Waals surface area contributed by atoms with Crippen LogP contribution in [0.25, 0.3) is 11.0 Å². The first-order chi connectivity index (χ1) is 9.65. The Morgan fingerprint density at radius 2 is 1.95 bits per heavy atom. The smallest absolute Gasteiger partial charge is 0.178 e. The SMILES string of the molecule is CC(Cc1ccccc1)n1c(=S)[nH]c2ccc(Br)cc21. The fourth-order valence-corrected chi connectivity index (χ4v) is 3.32. The van der Waals surface area contributed by atoms with Crippen LogP contribution in [0.1, 0.15) is 18.5 Å². The van der Waals surface area contributed by atoms with E-state index in [1.807, 2.05) is 12.1 Å². The molecule has 0 aliphatic heterocycles. The zero-order valence-electron chi connectivity index (χ0n) is 11.1. The second-order valence-electron chi connectivity index (χ2n) is 5.00. The molecular formula is C16H15BrN2S. The highest BCUT2D eigenvalue weighted by molar-refractivity contribution is 9.10. The van der Waals surface area contributed by atoms with Crippen molar-refractivity contribution in [2.24, 2.45) is 0 Å². The van der Waals surface area contributed by atoms with Gasteiger partial charge in [-0.1, -0.05) is 46.3 Å². The van der Waals surface area contributed by atoms with E-state index in [0.717, 1.165) is 26.7 Å². The van der Waals surface area contributed by atoms with Crippen molar-refractivity contribution in [3.63, 3.8) is 0 Å². The van der Waals surface area contributed by atoms with Crippen LogP contribution < -0.4 is 0 Å². The molecule has 20 heavy (non-hydrogen) atoms. The molecule has 2 nitrogen and oxygen atoms in total. The molecule has 102 valence electrons. The highest BCUT2D eigenvalue weighted by atomic mass is 79.9. The molecular weight excluding hydrogens is 332 g/mol. The minimum atomic E-state index is 0.313. The second-order valence-corrected chi connectivity index (χ2v) is 6.30. The van der Waals surface area contributed by atoms with Crippen molar-refractivity contribution in [3.05, 3.63) is 63.3 Å². The molecule has 0 aliphatic carbocycles. The lowest BCUT2D eigenvalue weighted by molar-refractivity contribution is 0.553. The van der Waals surface area contributed by atoms with Crippen LogP contribution >= 0.6 is 28.1 Å². The summed E-state index contributed by atoms with van der Waals surface area (Å²) in [6.07, 6.45) is 0.967. The highest BCUT2D eigenvalue weighted by Crippen LogP contribution is 2.24. The van der Waals surface area contributed by atoms with Gasteiger partial charge >= 0.3 is 0 Å². The standard InChI is InChI=1S/C16H15BrN2S/c1-11(9-12-5-3-2-4-6-12)19-15-10-13(17)7-8-14(15)18-16(19)20/h2-8,10-11H,9H2,1H3,(H,18,20). The Balaban J connectivity index is 2.03. The lowest BCUT2D eigenvalue weighted by atomic mass is 10.1. The van der Waals surface area contributed by atoms with Gasteiger partial charge in [0.1, 0.15) is 0 Å². The summed E-state index contributed by atoms with van der Waals surface area (Å²) in [5.41, 5.74) is 3.55. The van der Waals surface area contributed by atoms with E-state index in [2.05, 4.69) is 68.8 Å². The maximum atomic E-state index is 5.48.